The molecule has 0 aliphatic heterocycles. The maximum atomic E-state index is 13.3. The molecule has 1 atom stereocenters. The fourth-order valence-corrected chi connectivity index (χ4v) is 4.11. The van der Waals surface area contributed by atoms with Gasteiger partial charge in [-0.1, -0.05) is 30.3 Å². The molecule has 0 saturated heterocycles. The van der Waals surface area contributed by atoms with E-state index in [2.05, 4.69) is 9.47 Å². The average molecular weight is 603 g/mol. The number of alkyl halides is 10. The summed E-state index contributed by atoms with van der Waals surface area (Å²) in [5, 5.41) is 31.0. The van der Waals surface area contributed by atoms with Crippen molar-refractivity contribution < 1.29 is 68.3 Å². The Kier molecular flexibility index (Phi) is 9.27. The highest BCUT2D eigenvalue weighted by Gasteiger charge is 2.71. The standard InChI is InChI=1S/C25H19F10NO5/c26-21(27)40-19-6-3-15(10-20(19)41-22(28)29)18(9-14-7-8-36(39)11-16(14)12-37)13-1-4-17(5-2-13)23(38,24(30,31)32)25(33,34)35/h1-8,10-11,18,21-22,37-38H,9,12H2. The highest BCUT2D eigenvalue weighted by molar-refractivity contribution is 5.47. The van der Waals surface area contributed by atoms with Crippen LogP contribution in [0.15, 0.2) is 60.9 Å². The van der Waals surface area contributed by atoms with Gasteiger partial charge in [0.1, 0.15) is 0 Å². The second-order valence-electron chi connectivity index (χ2n) is 8.56. The maximum absolute atomic E-state index is 13.3. The third kappa shape index (κ3) is 6.93. The van der Waals surface area contributed by atoms with E-state index in [1.165, 1.54) is 6.07 Å². The van der Waals surface area contributed by atoms with Crippen molar-refractivity contribution in [3.63, 3.8) is 0 Å². The molecule has 3 aromatic rings. The van der Waals surface area contributed by atoms with Crippen molar-refractivity contribution >= 4 is 0 Å². The molecule has 6 nitrogen and oxygen atoms in total. The quantitative estimate of drug-likeness (QED) is 0.177. The third-order valence-corrected chi connectivity index (χ3v) is 6.07. The topological polar surface area (TPSA) is 85.9 Å². The lowest BCUT2D eigenvalue weighted by molar-refractivity contribution is -0.606. The van der Waals surface area contributed by atoms with Crippen LogP contribution in [-0.2, 0) is 18.6 Å². The number of ether oxygens (including phenoxy) is 2. The van der Waals surface area contributed by atoms with Crippen LogP contribution >= 0.6 is 0 Å². The first kappa shape index (κ1) is 31.7. The zero-order chi connectivity index (χ0) is 30.8. The predicted octanol–water partition coefficient (Wildman–Crippen LogP) is 5.70. The number of aliphatic hydroxyl groups is 2. The minimum atomic E-state index is -6.15. The Hall–Kier alpha value is -3.79. The Morgan fingerprint density at radius 2 is 1.29 bits per heavy atom. The van der Waals surface area contributed by atoms with Gasteiger partial charge >= 0.3 is 25.6 Å². The van der Waals surface area contributed by atoms with Gasteiger partial charge in [-0.25, -0.2) is 0 Å². The molecule has 1 aromatic heterocycles. The molecule has 2 N–H and O–H groups in total. The molecule has 0 aliphatic carbocycles. The Balaban J connectivity index is 2.18. The van der Waals surface area contributed by atoms with Crippen molar-refractivity contribution in [1.82, 2.24) is 0 Å². The lowest BCUT2D eigenvalue weighted by atomic mass is 9.83. The van der Waals surface area contributed by atoms with E-state index < -0.39 is 60.8 Å². The summed E-state index contributed by atoms with van der Waals surface area (Å²) in [6.45, 7) is -7.58. The zero-order valence-electron chi connectivity index (χ0n) is 20.3. The van der Waals surface area contributed by atoms with Crippen molar-refractivity contribution in [3.8, 4) is 11.5 Å². The van der Waals surface area contributed by atoms with Crippen LogP contribution in [0.3, 0.4) is 0 Å². The van der Waals surface area contributed by atoms with Gasteiger partial charge in [0.15, 0.2) is 23.9 Å². The number of benzene rings is 2. The lowest BCUT2D eigenvalue weighted by Gasteiger charge is -2.33. The number of hydrogen-bond acceptors (Lipinski definition) is 5. The van der Waals surface area contributed by atoms with Crippen LogP contribution in [0.5, 0.6) is 11.5 Å². The molecule has 0 bridgehead atoms. The van der Waals surface area contributed by atoms with E-state index in [0.29, 0.717) is 16.9 Å². The smallest absolute Gasteiger partial charge is 0.430 e. The van der Waals surface area contributed by atoms with Gasteiger partial charge in [0.2, 0.25) is 0 Å². The summed E-state index contributed by atoms with van der Waals surface area (Å²) < 4.78 is 140. The summed E-state index contributed by atoms with van der Waals surface area (Å²) in [5.74, 6) is -2.75. The molecule has 2 aromatic carbocycles. The number of rotatable bonds is 10. The normalized spacial score (nSPS) is 13.5. The van der Waals surface area contributed by atoms with E-state index in [0.717, 1.165) is 42.7 Å². The second kappa shape index (κ2) is 12.0. The van der Waals surface area contributed by atoms with E-state index in [9.17, 15) is 59.3 Å². The molecule has 16 heteroatoms. The number of aromatic nitrogens is 1. The van der Waals surface area contributed by atoms with E-state index in [1.54, 1.807) is 0 Å². The molecular weight excluding hydrogens is 584 g/mol. The van der Waals surface area contributed by atoms with E-state index in [4.69, 9.17) is 0 Å². The van der Waals surface area contributed by atoms with Crippen LogP contribution in [0.25, 0.3) is 0 Å². The maximum Gasteiger partial charge on any atom is 0.430 e. The van der Waals surface area contributed by atoms with Crippen LogP contribution in [0, 0.1) is 5.21 Å². The minimum Gasteiger partial charge on any atom is -0.619 e. The first-order valence-electron chi connectivity index (χ1n) is 11.3. The zero-order valence-corrected chi connectivity index (χ0v) is 20.3. The van der Waals surface area contributed by atoms with Crippen LogP contribution in [0.2, 0.25) is 0 Å². The Labute approximate surface area is 224 Å². The minimum absolute atomic E-state index is 0.000311. The summed E-state index contributed by atoms with van der Waals surface area (Å²) >= 11 is 0. The highest BCUT2D eigenvalue weighted by Crippen LogP contribution is 2.50. The fraction of sp³-hybridized carbons (Fsp3) is 0.320. The Bertz CT molecular complexity index is 1320. The third-order valence-electron chi connectivity index (χ3n) is 6.07. The van der Waals surface area contributed by atoms with Gasteiger partial charge in [-0.3, -0.25) is 0 Å². The monoisotopic (exact) mass is 603 g/mol. The van der Waals surface area contributed by atoms with Crippen LogP contribution in [0.1, 0.15) is 33.7 Å². The summed E-state index contributed by atoms with van der Waals surface area (Å²) in [6, 6.07) is 6.46. The summed E-state index contributed by atoms with van der Waals surface area (Å²) in [7, 11) is 0. The molecule has 224 valence electrons. The molecule has 0 amide bonds. The fourth-order valence-electron chi connectivity index (χ4n) is 4.11. The molecule has 1 heterocycles. The van der Waals surface area contributed by atoms with E-state index >= 15 is 0 Å². The van der Waals surface area contributed by atoms with Crippen LogP contribution in [-0.4, -0.2) is 35.8 Å². The van der Waals surface area contributed by atoms with Crippen LogP contribution < -0.4 is 14.2 Å². The van der Waals surface area contributed by atoms with Crippen molar-refractivity contribution in [2.75, 3.05) is 0 Å². The molecule has 0 saturated carbocycles. The summed E-state index contributed by atoms with van der Waals surface area (Å²) in [4.78, 5) is 0. The van der Waals surface area contributed by atoms with Crippen molar-refractivity contribution in [2.45, 2.75) is 50.1 Å². The van der Waals surface area contributed by atoms with Gasteiger partial charge in [0, 0.05) is 23.1 Å². The molecule has 41 heavy (non-hydrogen) atoms. The van der Waals surface area contributed by atoms with Crippen molar-refractivity contribution in [2.24, 2.45) is 0 Å². The molecule has 0 spiro atoms. The van der Waals surface area contributed by atoms with Crippen LogP contribution in [0.4, 0.5) is 43.9 Å². The predicted molar refractivity (Wildman–Crippen MR) is 119 cm³/mol. The van der Waals surface area contributed by atoms with Gasteiger partial charge in [-0.2, -0.15) is 48.6 Å². The molecule has 0 fully saturated rings. The Morgan fingerprint density at radius 3 is 1.80 bits per heavy atom. The lowest BCUT2D eigenvalue weighted by Crippen LogP contribution is -2.53. The second-order valence-corrected chi connectivity index (χ2v) is 8.56. The molecule has 0 aliphatic rings. The number of pyridine rings is 1. The van der Waals surface area contributed by atoms with Gasteiger partial charge in [-0.15, -0.1) is 0 Å². The van der Waals surface area contributed by atoms with Crippen molar-refractivity contribution in [1.29, 1.82) is 0 Å². The number of halogens is 10. The number of hydrogen-bond donors (Lipinski definition) is 2. The van der Waals surface area contributed by atoms with E-state index in [1.807, 2.05) is 0 Å². The SMILES string of the molecule is [O-][n+]1ccc(CC(c2ccc(C(O)(C(F)(F)F)C(F)(F)F)cc2)c2ccc(OC(F)F)c(OC(F)F)c2)c(CO)c1. The summed E-state index contributed by atoms with van der Waals surface area (Å²) in [5.41, 5.74) is -6.46. The first-order chi connectivity index (χ1) is 19.0. The van der Waals surface area contributed by atoms with Crippen molar-refractivity contribution in [3.05, 3.63) is 93.9 Å². The molecule has 0 radical (unpaired) electrons. The van der Waals surface area contributed by atoms with Gasteiger partial charge in [-0.05, 0) is 35.2 Å². The van der Waals surface area contributed by atoms with E-state index in [-0.39, 0.29) is 28.7 Å². The molecular formula is C25H19F10NO5. The van der Waals surface area contributed by atoms with Gasteiger partial charge in [0.25, 0.3) is 5.60 Å². The average Bonchev–Trinajstić information content (AvgIpc) is 2.86. The summed E-state index contributed by atoms with van der Waals surface area (Å²) in [6.07, 6.45) is -10.5. The molecule has 1 unspecified atom stereocenters. The Morgan fingerprint density at radius 1 is 0.756 bits per heavy atom. The largest absolute Gasteiger partial charge is 0.619 e. The molecule has 3 rings (SSSR count). The first-order valence-corrected chi connectivity index (χ1v) is 11.3. The number of aliphatic hydroxyl groups excluding tert-OH is 1. The van der Waals surface area contributed by atoms with Gasteiger partial charge in [0.05, 0.1) is 6.61 Å². The highest BCUT2D eigenvalue weighted by atomic mass is 19.4. The number of nitrogens with zero attached hydrogens (tertiary/aromatic N) is 1. The van der Waals surface area contributed by atoms with Gasteiger partial charge < -0.3 is 24.9 Å².